The first-order valence-corrected chi connectivity index (χ1v) is 7.53. The van der Waals surface area contributed by atoms with Gasteiger partial charge in [-0.05, 0) is 24.6 Å². The van der Waals surface area contributed by atoms with Crippen LogP contribution in [0, 0.1) is 6.92 Å². The smallest absolute Gasteiger partial charge is 0.311 e. The SMILES string of the molecule is Cc1coc(CC(=O)O)c1C(=O)N(C)Cc1ccc(Cl)c(Cl)c1. The predicted octanol–water partition coefficient (Wildman–Crippen LogP) is 3.79. The van der Waals surface area contributed by atoms with E-state index < -0.39 is 5.97 Å². The van der Waals surface area contributed by atoms with E-state index in [9.17, 15) is 9.59 Å². The Morgan fingerprint density at radius 3 is 2.57 bits per heavy atom. The van der Waals surface area contributed by atoms with Crippen LogP contribution >= 0.6 is 23.2 Å². The van der Waals surface area contributed by atoms with Crippen molar-refractivity contribution in [3.05, 3.63) is 57.0 Å². The summed E-state index contributed by atoms with van der Waals surface area (Å²) < 4.78 is 5.20. The highest BCUT2D eigenvalue weighted by atomic mass is 35.5. The first kappa shape index (κ1) is 17.4. The molecule has 0 aliphatic carbocycles. The van der Waals surface area contributed by atoms with Crippen molar-refractivity contribution < 1.29 is 19.1 Å². The van der Waals surface area contributed by atoms with Crippen LogP contribution in [0.25, 0.3) is 0 Å². The molecule has 1 amide bonds. The van der Waals surface area contributed by atoms with Crippen molar-refractivity contribution in [1.82, 2.24) is 4.90 Å². The van der Waals surface area contributed by atoms with Gasteiger partial charge in [0.05, 0.1) is 21.9 Å². The fraction of sp³-hybridized carbons (Fsp3) is 0.250. The molecule has 23 heavy (non-hydrogen) atoms. The summed E-state index contributed by atoms with van der Waals surface area (Å²) >= 11 is 11.8. The molecular formula is C16H15Cl2NO4. The van der Waals surface area contributed by atoms with Crippen LogP contribution in [0.5, 0.6) is 0 Å². The third kappa shape index (κ3) is 4.06. The van der Waals surface area contributed by atoms with Crippen LogP contribution in [0.4, 0.5) is 0 Å². The fourth-order valence-corrected chi connectivity index (χ4v) is 2.55. The third-order valence-corrected chi connectivity index (χ3v) is 4.07. The number of halogens is 2. The molecule has 2 rings (SSSR count). The average molecular weight is 356 g/mol. The van der Waals surface area contributed by atoms with E-state index in [4.69, 9.17) is 32.7 Å². The van der Waals surface area contributed by atoms with E-state index in [2.05, 4.69) is 0 Å². The van der Waals surface area contributed by atoms with E-state index in [0.29, 0.717) is 22.2 Å². The minimum absolute atomic E-state index is 0.154. The molecule has 0 radical (unpaired) electrons. The Balaban J connectivity index is 2.21. The lowest BCUT2D eigenvalue weighted by Crippen LogP contribution is -2.27. The Bertz CT molecular complexity index is 755. The standard InChI is InChI=1S/C16H15Cl2NO4/c1-9-8-23-13(6-14(20)21)15(9)16(22)19(2)7-10-3-4-11(17)12(18)5-10/h3-5,8H,6-7H2,1-2H3,(H,20,21). The van der Waals surface area contributed by atoms with Crippen LogP contribution in [0.3, 0.4) is 0 Å². The van der Waals surface area contributed by atoms with Gasteiger partial charge in [-0.25, -0.2) is 0 Å². The van der Waals surface area contributed by atoms with E-state index in [0.717, 1.165) is 5.56 Å². The number of carbonyl (C=O) groups is 2. The van der Waals surface area contributed by atoms with Crippen molar-refractivity contribution in [3.63, 3.8) is 0 Å². The van der Waals surface area contributed by atoms with E-state index in [1.54, 1.807) is 32.2 Å². The maximum atomic E-state index is 12.6. The molecule has 2 aromatic rings. The van der Waals surface area contributed by atoms with Crippen molar-refractivity contribution in [3.8, 4) is 0 Å². The van der Waals surface area contributed by atoms with Crippen molar-refractivity contribution in [2.45, 2.75) is 19.9 Å². The Labute approximate surface area is 143 Å². The molecule has 0 bridgehead atoms. The van der Waals surface area contributed by atoms with Gasteiger partial charge in [0.1, 0.15) is 12.2 Å². The van der Waals surface area contributed by atoms with E-state index >= 15 is 0 Å². The molecule has 0 aliphatic heterocycles. The van der Waals surface area contributed by atoms with Gasteiger partial charge in [0.15, 0.2) is 0 Å². The fourth-order valence-electron chi connectivity index (χ4n) is 2.23. The normalized spacial score (nSPS) is 10.6. The zero-order valence-electron chi connectivity index (χ0n) is 12.6. The molecule has 5 nitrogen and oxygen atoms in total. The second-order valence-corrected chi connectivity index (χ2v) is 6.01. The monoisotopic (exact) mass is 355 g/mol. The first-order chi connectivity index (χ1) is 10.8. The molecule has 0 saturated carbocycles. The van der Waals surface area contributed by atoms with Gasteiger partial charge in [0, 0.05) is 19.2 Å². The van der Waals surface area contributed by atoms with E-state index in [1.165, 1.54) is 11.2 Å². The molecule has 1 aromatic carbocycles. The van der Waals surface area contributed by atoms with Gasteiger partial charge in [-0.1, -0.05) is 29.3 Å². The maximum absolute atomic E-state index is 12.6. The van der Waals surface area contributed by atoms with Crippen LogP contribution in [0.15, 0.2) is 28.9 Å². The van der Waals surface area contributed by atoms with E-state index in [-0.39, 0.29) is 23.7 Å². The summed E-state index contributed by atoms with van der Waals surface area (Å²) in [6.07, 6.45) is 1.05. The number of carbonyl (C=O) groups excluding carboxylic acids is 1. The molecule has 1 N–H and O–H groups in total. The summed E-state index contributed by atoms with van der Waals surface area (Å²) in [6.45, 7) is 2.02. The zero-order valence-corrected chi connectivity index (χ0v) is 14.1. The van der Waals surface area contributed by atoms with Crippen molar-refractivity contribution in [2.24, 2.45) is 0 Å². The van der Waals surface area contributed by atoms with Gasteiger partial charge in [-0.15, -0.1) is 0 Å². The average Bonchev–Trinajstić information content (AvgIpc) is 2.82. The maximum Gasteiger partial charge on any atom is 0.311 e. The minimum Gasteiger partial charge on any atom is -0.481 e. The quantitative estimate of drug-likeness (QED) is 0.885. The van der Waals surface area contributed by atoms with Crippen LogP contribution in [0.1, 0.15) is 27.2 Å². The summed E-state index contributed by atoms with van der Waals surface area (Å²) in [5, 5.41) is 9.76. The topological polar surface area (TPSA) is 70.7 Å². The lowest BCUT2D eigenvalue weighted by molar-refractivity contribution is -0.136. The van der Waals surface area contributed by atoms with Gasteiger partial charge in [0.25, 0.3) is 5.91 Å². The highest BCUT2D eigenvalue weighted by molar-refractivity contribution is 6.42. The highest BCUT2D eigenvalue weighted by Gasteiger charge is 2.23. The molecule has 0 spiro atoms. The number of carboxylic acid groups (broad SMARTS) is 1. The predicted molar refractivity (Wildman–Crippen MR) is 87.0 cm³/mol. The number of amides is 1. The molecule has 122 valence electrons. The Hall–Kier alpha value is -1.98. The second kappa shape index (κ2) is 7.06. The number of carboxylic acids is 1. The van der Waals surface area contributed by atoms with Crippen LogP contribution in [-0.4, -0.2) is 28.9 Å². The number of furan rings is 1. The summed E-state index contributed by atoms with van der Waals surface area (Å²) in [4.78, 5) is 24.9. The third-order valence-electron chi connectivity index (χ3n) is 3.33. The second-order valence-electron chi connectivity index (χ2n) is 5.20. The van der Waals surface area contributed by atoms with Gasteiger partial charge >= 0.3 is 5.97 Å². The van der Waals surface area contributed by atoms with Gasteiger partial charge in [-0.3, -0.25) is 9.59 Å². The number of rotatable bonds is 5. The molecule has 0 fully saturated rings. The summed E-state index contributed by atoms with van der Waals surface area (Å²) in [5.41, 5.74) is 1.71. The molecular weight excluding hydrogens is 341 g/mol. The van der Waals surface area contributed by atoms with Crippen LogP contribution in [0.2, 0.25) is 10.0 Å². The number of hydrogen-bond acceptors (Lipinski definition) is 3. The van der Waals surface area contributed by atoms with Crippen molar-refractivity contribution >= 4 is 35.1 Å². The summed E-state index contributed by atoms with van der Waals surface area (Å²) in [5.74, 6) is -1.21. The van der Waals surface area contributed by atoms with E-state index in [1.807, 2.05) is 0 Å². The Morgan fingerprint density at radius 2 is 1.96 bits per heavy atom. The molecule has 1 aromatic heterocycles. The Morgan fingerprint density at radius 1 is 1.26 bits per heavy atom. The number of hydrogen-bond donors (Lipinski definition) is 1. The lowest BCUT2D eigenvalue weighted by atomic mass is 10.1. The number of benzene rings is 1. The zero-order chi connectivity index (χ0) is 17.1. The number of aliphatic carboxylic acids is 1. The molecule has 0 aliphatic rings. The van der Waals surface area contributed by atoms with Gasteiger partial charge in [0.2, 0.25) is 0 Å². The minimum atomic E-state index is -1.06. The summed E-state index contributed by atoms with van der Waals surface area (Å²) in [6, 6.07) is 5.13. The lowest BCUT2D eigenvalue weighted by Gasteiger charge is -2.18. The molecule has 0 unspecified atom stereocenters. The largest absolute Gasteiger partial charge is 0.481 e. The molecule has 1 heterocycles. The summed E-state index contributed by atoms with van der Waals surface area (Å²) in [7, 11) is 1.63. The molecule has 7 heteroatoms. The number of nitrogens with zero attached hydrogens (tertiary/aromatic N) is 1. The van der Waals surface area contributed by atoms with Gasteiger partial charge in [-0.2, -0.15) is 0 Å². The molecule has 0 saturated heterocycles. The van der Waals surface area contributed by atoms with Crippen LogP contribution in [-0.2, 0) is 17.8 Å². The molecule has 0 atom stereocenters. The van der Waals surface area contributed by atoms with Gasteiger partial charge < -0.3 is 14.4 Å². The van der Waals surface area contributed by atoms with Crippen LogP contribution < -0.4 is 0 Å². The van der Waals surface area contributed by atoms with Crippen molar-refractivity contribution in [2.75, 3.05) is 7.05 Å². The highest BCUT2D eigenvalue weighted by Crippen LogP contribution is 2.24. The first-order valence-electron chi connectivity index (χ1n) is 6.77. The van der Waals surface area contributed by atoms with Crippen molar-refractivity contribution in [1.29, 1.82) is 0 Å². The number of aryl methyl sites for hydroxylation is 1. The Kier molecular flexibility index (Phi) is 5.34.